The molecule has 2 N–H and O–H groups in total. The van der Waals surface area contributed by atoms with E-state index in [1.165, 1.54) is 11.1 Å². The molecule has 0 aromatic heterocycles. The fourth-order valence-corrected chi connectivity index (χ4v) is 3.51. The lowest BCUT2D eigenvalue weighted by Gasteiger charge is -2.43. The molecule has 0 bridgehead atoms. The molecule has 0 saturated heterocycles. The van der Waals surface area contributed by atoms with Gasteiger partial charge < -0.3 is 10.2 Å². The summed E-state index contributed by atoms with van der Waals surface area (Å²) in [5.74, 6) is 0.995. The zero-order chi connectivity index (χ0) is 17.1. The summed E-state index contributed by atoms with van der Waals surface area (Å²) in [6.07, 6.45) is 7.34. The van der Waals surface area contributed by atoms with E-state index in [0.29, 0.717) is 18.3 Å². The van der Waals surface area contributed by atoms with Gasteiger partial charge in [-0.15, -0.1) is 6.58 Å². The van der Waals surface area contributed by atoms with E-state index in [0.717, 1.165) is 19.3 Å². The van der Waals surface area contributed by atoms with Gasteiger partial charge in [0.2, 0.25) is 0 Å². The molecule has 1 aliphatic rings. The highest BCUT2D eigenvalue weighted by Gasteiger charge is 2.38. The van der Waals surface area contributed by atoms with Crippen molar-refractivity contribution in [3.05, 3.63) is 36.5 Å². The molecule has 0 aliphatic heterocycles. The van der Waals surface area contributed by atoms with Gasteiger partial charge in [0.15, 0.2) is 0 Å². The maximum atomic E-state index is 9.97. The number of allylic oxidation sites excluding steroid dienone is 3. The molecular weight excluding hydrogens is 272 g/mol. The second kappa shape index (κ2) is 7.14. The standard InChI is InChI=1S/C20H34O2/c1-8-20(7)12-11-16(13-17(20)14(2)3)15(4)9-10-18(21)19(5,6)22/h8-9,16-18,21-22H,1-2,10-13H2,3-7H3/b15-9+/t16-,17+,18+,20-/m1/s1. The minimum Gasteiger partial charge on any atom is -0.390 e. The quantitative estimate of drug-likeness (QED) is 0.702. The average Bonchev–Trinajstić information content (AvgIpc) is 2.43. The van der Waals surface area contributed by atoms with Crippen molar-refractivity contribution < 1.29 is 10.2 Å². The number of rotatable bonds is 6. The molecule has 1 saturated carbocycles. The van der Waals surface area contributed by atoms with Crippen LogP contribution in [0.15, 0.2) is 36.5 Å². The van der Waals surface area contributed by atoms with Crippen LogP contribution in [0.4, 0.5) is 0 Å². The Kier molecular flexibility index (Phi) is 6.23. The summed E-state index contributed by atoms with van der Waals surface area (Å²) in [5.41, 5.74) is 1.65. The van der Waals surface area contributed by atoms with E-state index < -0.39 is 11.7 Å². The van der Waals surface area contributed by atoms with Gasteiger partial charge in [-0.25, -0.2) is 0 Å². The fraction of sp³-hybridized carbons (Fsp3) is 0.700. The Balaban J connectivity index is 2.78. The lowest BCUT2D eigenvalue weighted by Crippen LogP contribution is -2.35. The first kappa shape index (κ1) is 19.2. The first-order valence-electron chi connectivity index (χ1n) is 8.37. The van der Waals surface area contributed by atoms with Gasteiger partial charge >= 0.3 is 0 Å². The van der Waals surface area contributed by atoms with Crippen molar-refractivity contribution in [3.63, 3.8) is 0 Å². The highest BCUT2D eigenvalue weighted by Crippen LogP contribution is 2.48. The Morgan fingerprint density at radius 1 is 1.41 bits per heavy atom. The predicted molar refractivity (Wildman–Crippen MR) is 94.6 cm³/mol. The molecule has 0 aromatic rings. The second-order valence-electron chi connectivity index (χ2n) is 7.93. The van der Waals surface area contributed by atoms with Crippen molar-refractivity contribution in [2.75, 3.05) is 0 Å². The molecule has 0 amide bonds. The maximum Gasteiger partial charge on any atom is 0.0856 e. The Hall–Kier alpha value is -0.860. The molecule has 0 heterocycles. The summed E-state index contributed by atoms with van der Waals surface area (Å²) < 4.78 is 0. The molecule has 0 spiro atoms. The van der Waals surface area contributed by atoms with Gasteiger partial charge in [-0.05, 0) is 70.6 Å². The van der Waals surface area contributed by atoms with Gasteiger partial charge in [-0.3, -0.25) is 0 Å². The van der Waals surface area contributed by atoms with Gasteiger partial charge in [0, 0.05) is 0 Å². The number of hydrogen-bond donors (Lipinski definition) is 2. The van der Waals surface area contributed by atoms with Crippen LogP contribution in [0.5, 0.6) is 0 Å². The summed E-state index contributed by atoms with van der Waals surface area (Å²) in [6, 6.07) is 0. The van der Waals surface area contributed by atoms with E-state index in [9.17, 15) is 10.2 Å². The topological polar surface area (TPSA) is 40.5 Å². The Morgan fingerprint density at radius 2 is 2.00 bits per heavy atom. The van der Waals surface area contributed by atoms with E-state index in [1.54, 1.807) is 13.8 Å². The SMILES string of the molecule is C=C[C@]1(C)CC[C@@H](/C(C)=C/C[C@H](O)C(C)(C)O)C[C@H]1C(=C)C. The van der Waals surface area contributed by atoms with Crippen molar-refractivity contribution in [3.8, 4) is 0 Å². The molecule has 1 fully saturated rings. The van der Waals surface area contributed by atoms with Crippen LogP contribution in [0.25, 0.3) is 0 Å². The fourth-order valence-electron chi connectivity index (χ4n) is 3.51. The predicted octanol–water partition coefficient (Wildman–Crippen LogP) is 4.64. The van der Waals surface area contributed by atoms with Gasteiger partial charge in [-0.2, -0.15) is 0 Å². The van der Waals surface area contributed by atoms with Gasteiger partial charge in [0.1, 0.15) is 0 Å². The Bertz CT molecular complexity index is 441. The van der Waals surface area contributed by atoms with E-state index >= 15 is 0 Å². The largest absolute Gasteiger partial charge is 0.390 e. The minimum atomic E-state index is -1.05. The summed E-state index contributed by atoms with van der Waals surface area (Å²) >= 11 is 0. The smallest absolute Gasteiger partial charge is 0.0856 e. The number of aliphatic hydroxyl groups excluding tert-OH is 1. The van der Waals surface area contributed by atoms with Crippen LogP contribution in [0, 0.1) is 17.3 Å². The summed E-state index contributed by atoms with van der Waals surface area (Å²) in [6.45, 7) is 18.1. The average molecular weight is 306 g/mol. The van der Waals surface area contributed by atoms with E-state index in [-0.39, 0.29) is 5.41 Å². The molecular formula is C20H34O2. The Morgan fingerprint density at radius 3 is 2.45 bits per heavy atom. The highest BCUT2D eigenvalue weighted by molar-refractivity contribution is 5.16. The third-order valence-electron chi connectivity index (χ3n) is 5.53. The summed E-state index contributed by atoms with van der Waals surface area (Å²) in [7, 11) is 0. The third-order valence-corrected chi connectivity index (χ3v) is 5.53. The second-order valence-corrected chi connectivity index (χ2v) is 7.93. The molecule has 4 atom stereocenters. The molecule has 2 heteroatoms. The molecule has 22 heavy (non-hydrogen) atoms. The van der Waals surface area contributed by atoms with Crippen LogP contribution in [-0.4, -0.2) is 21.9 Å². The number of aliphatic hydroxyl groups is 2. The first-order chi connectivity index (χ1) is 10.0. The van der Waals surface area contributed by atoms with Crippen LogP contribution < -0.4 is 0 Å². The van der Waals surface area contributed by atoms with Crippen molar-refractivity contribution in [1.82, 2.24) is 0 Å². The van der Waals surface area contributed by atoms with Gasteiger partial charge in [0.25, 0.3) is 0 Å². The monoisotopic (exact) mass is 306 g/mol. The molecule has 0 unspecified atom stereocenters. The minimum absolute atomic E-state index is 0.148. The van der Waals surface area contributed by atoms with Gasteiger partial charge in [0.05, 0.1) is 11.7 Å². The van der Waals surface area contributed by atoms with Crippen LogP contribution >= 0.6 is 0 Å². The van der Waals surface area contributed by atoms with Gasteiger partial charge in [-0.1, -0.05) is 36.8 Å². The summed E-state index contributed by atoms with van der Waals surface area (Å²) in [4.78, 5) is 0. The molecule has 0 radical (unpaired) electrons. The molecule has 2 nitrogen and oxygen atoms in total. The summed E-state index contributed by atoms with van der Waals surface area (Å²) in [5, 5.41) is 19.8. The molecule has 1 aliphatic carbocycles. The van der Waals surface area contributed by atoms with Crippen molar-refractivity contribution in [2.24, 2.45) is 17.3 Å². The normalized spacial score (nSPS) is 31.7. The maximum absolute atomic E-state index is 9.97. The third kappa shape index (κ3) is 4.57. The van der Waals surface area contributed by atoms with E-state index in [2.05, 4.69) is 46.1 Å². The van der Waals surface area contributed by atoms with E-state index in [4.69, 9.17) is 0 Å². The van der Waals surface area contributed by atoms with Crippen molar-refractivity contribution in [1.29, 1.82) is 0 Å². The van der Waals surface area contributed by atoms with Crippen LogP contribution in [0.3, 0.4) is 0 Å². The zero-order valence-corrected chi connectivity index (χ0v) is 15.0. The molecule has 126 valence electrons. The van der Waals surface area contributed by atoms with Crippen molar-refractivity contribution >= 4 is 0 Å². The molecule has 0 aromatic carbocycles. The highest BCUT2D eigenvalue weighted by atomic mass is 16.3. The van der Waals surface area contributed by atoms with Crippen LogP contribution in [0.1, 0.15) is 60.3 Å². The van der Waals surface area contributed by atoms with Crippen LogP contribution in [0.2, 0.25) is 0 Å². The zero-order valence-electron chi connectivity index (χ0n) is 15.0. The molecule has 1 rings (SSSR count). The first-order valence-corrected chi connectivity index (χ1v) is 8.37. The lowest BCUT2D eigenvalue weighted by atomic mass is 9.61. The van der Waals surface area contributed by atoms with Crippen LogP contribution in [-0.2, 0) is 0 Å². The van der Waals surface area contributed by atoms with E-state index in [1.807, 2.05) is 0 Å². The Labute approximate surface area is 136 Å². The van der Waals surface area contributed by atoms with Crippen molar-refractivity contribution in [2.45, 2.75) is 72.0 Å². The lowest BCUT2D eigenvalue weighted by molar-refractivity contribution is -0.0457. The number of hydrogen-bond acceptors (Lipinski definition) is 2.